The molecule has 0 bridgehead atoms. The van der Waals surface area contributed by atoms with Gasteiger partial charge in [0.2, 0.25) is 5.91 Å². The number of nitrogens with zero attached hydrogens (tertiary/aromatic N) is 3. The van der Waals surface area contributed by atoms with Crippen LogP contribution in [0.1, 0.15) is 19.0 Å². The molecule has 2 aliphatic rings. The van der Waals surface area contributed by atoms with Crippen LogP contribution in [0.4, 0.5) is 0 Å². The van der Waals surface area contributed by atoms with Crippen LogP contribution >= 0.6 is 0 Å². The fourth-order valence-corrected chi connectivity index (χ4v) is 5.38. The number of H-pyrrole nitrogens is 1. The van der Waals surface area contributed by atoms with E-state index >= 15 is 0 Å². The summed E-state index contributed by atoms with van der Waals surface area (Å²) in [6.45, 7) is 1.35. The average Bonchev–Trinajstić information content (AvgIpc) is 2.87. The standard InChI is InChI=1S/C10H12N4O5S.Na.H/c1-10(3-5-4-11-13-12-5)8(9(16)17)14-6(15)2-7(14)20(10,18)19;;/h4,7-8H,2-3H2,1H3,(H,16,17)(H,11,12,13);;/t7?,8-,10?;;/m0../s1. The van der Waals surface area contributed by atoms with Crippen LogP contribution in [0.2, 0.25) is 0 Å². The Bertz CT molecular complexity index is 690. The van der Waals surface area contributed by atoms with Gasteiger partial charge in [-0.3, -0.25) is 9.89 Å². The van der Waals surface area contributed by atoms with Gasteiger partial charge in [-0.1, -0.05) is 5.21 Å². The summed E-state index contributed by atoms with van der Waals surface area (Å²) in [5, 5.41) is 18.0. The SMILES string of the molecule is CC1(Cc2c[nH]nn2)[C@H](C(=O)O)N2C(=O)CC2S1(=O)=O.[NaH]. The number of amides is 1. The van der Waals surface area contributed by atoms with E-state index in [4.69, 9.17) is 0 Å². The summed E-state index contributed by atoms with van der Waals surface area (Å²) in [5.74, 6) is -1.77. The van der Waals surface area contributed by atoms with Crippen molar-refractivity contribution in [3.63, 3.8) is 0 Å². The van der Waals surface area contributed by atoms with Gasteiger partial charge in [-0.05, 0) is 6.92 Å². The quantitative estimate of drug-likeness (QED) is 0.480. The van der Waals surface area contributed by atoms with Gasteiger partial charge in [-0.15, -0.1) is 5.10 Å². The number of β-lactam (4-membered cyclic amide) rings is 1. The van der Waals surface area contributed by atoms with E-state index in [-0.39, 0.29) is 42.4 Å². The fraction of sp³-hybridized carbons (Fsp3) is 0.600. The number of hydrogen-bond donors (Lipinski definition) is 2. The van der Waals surface area contributed by atoms with Gasteiger partial charge in [-0.25, -0.2) is 13.2 Å². The first-order chi connectivity index (χ1) is 9.29. The maximum absolute atomic E-state index is 12.5. The topological polar surface area (TPSA) is 133 Å². The number of nitrogens with one attached hydrogen (secondary N) is 1. The minimum absolute atomic E-state index is 0. The van der Waals surface area contributed by atoms with E-state index in [9.17, 15) is 23.1 Å². The van der Waals surface area contributed by atoms with Gasteiger partial charge in [0.15, 0.2) is 15.9 Å². The van der Waals surface area contributed by atoms with Gasteiger partial charge in [-0.2, -0.15) is 0 Å². The first-order valence-electron chi connectivity index (χ1n) is 5.92. The van der Waals surface area contributed by atoms with E-state index in [1.54, 1.807) is 0 Å². The molecule has 21 heavy (non-hydrogen) atoms. The van der Waals surface area contributed by atoms with Gasteiger partial charge in [0.05, 0.1) is 12.1 Å². The first kappa shape index (κ1) is 16.4. The third-order valence-corrected chi connectivity index (χ3v) is 6.82. The second-order valence-electron chi connectivity index (χ2n) is 5.20. The van der Waals surface area contributed by atoms with Gasteiger partial charge in [0, 0.05) is 12.6 Å². The molecule has 2 N–H and O–H groups in total. The molecule has 110 valence electrons. The molecule has 3 heterocycles. The Balaban J connectivity index is 0.00000161. The summed E-state index contributed by atoms with van der Waals surface area (Å²) in [7, 11) is -3.79. The number of fused-ring (bicyclic) bond motifs is 1. The van der Waals surface area contributed by atoms with Crippen LogP contribution in [0, 0.1) is 0 Å². The summed E-state index contributed by atoms with van der Waals surface area (Å²) in [6, 6.07) is -1.39. The van der Waals surface area contributed by atoms with E-state index in [0.29, 0.717) is 5.69 Å². The van der Waals surface area contributed by atoms with Crippen molar-refractivity contribution in [1.29, 1.82) is 0 Å². The molecule has 0 aromatic carbocycles. The predicted octanol–water partition coefficient (Wildman–Crippen LogP) is -2.10. The molecule has 3 atom stereocenters. The number of aliphatic carboxylic acids is 1. The van der Waals surface area contributed by atoms with Gasteiger partial charge in [0.25, 0.3) is 0 Å². The van der Waals surface area contributed by atoms with Crippen molar-refractivity contribution in [2.24, 2.45) is 0 Å². The maximum atomic E-state index is 12.5. The molecule has 1 amide bonds. The summed E-state index contributed by atoms with van der Waals surface area (Å²) in [6.07, 6.45) is 1.15. The number of sulfone groups is 1. The molecular weight excluding hydrogens is 311 g/mol. The Morgan fingerprint density at radius 1 is 1.62 bits per heavy atom. The van der Waals surface area contributed by atoms with E-state index in [2.05, 4.69) is 15.4 Å². The van der Waals surface area contributed by atoms with Crippen molar-refractivity contribution < 1.29 is 23.1 Å². The number of rotatable bonds is 3. The Hall–Kier alpha value is -0.970. The zero-order valence-corrected chi connectivity index (χ0v) is 11.3. The number of carboxylic acid groups (broad SMARTS) is 1. The monoisotopic (exact) mass is 324 g/mol. The molecule has 3 rings (SSSR count). The average molecular weight is 324 g/mol. The first-order valence-corrected chi connectivity index (χ1v) is 7.46. The van der Waals surface area contributed by atoms with Crippen molar-refractivity contribution in [2.45, 2.75) is 35.9 Å². The summed E-state index contributed by atoms with van der Waals surface area (Å²) in [5.41, 5.74) is 0.345. The van der Waals surface area contributed by atoms with E-state index in [1.165, 1.54) is 13.1 Å². The van der Waals surface area contributed by atoms with Crippen LogP contribution < -0.4 is 0 Å². The Morgan fingerprint density at radius 2 is 2.29 bits per heavy atom. The second kappa shape index (κ2) is 5.04. The molecule has 2 fully saturated rings. The van der Waals surface area contributed by atoms with Gasteiger partial charge >= 0.3 is 35.5 Å². The van der Waals surface area contributed by atoms with Crippen molar-refractivity contribution in [1.82, 2.24) is 20.3 Å². The molecule has 1 aromatic heterocycles. The number of aromatic nitrogens is 3. The van der Waals surface area contributed by atoms with Crippen molar-refractivity contribution in [3.05, 3.63) is 11.9 Å². The third-order valence-electron chi connectivity index (χ3n) is 4.05. The van der Waals surface area contributed by atoms with Gasteiger partial charge in [0.1, 0.15) is 10.1 Å². The zero-order chi connectivity index (χ0) is 14.7. The Labute approximate surface area is 142 Å². The van der Waals surface area contributed by atoms with Crippen LogP contribution in [-0.2, 0) is 25.8 Å². The predicted molar refractivity (Wildman–Crippen MR) is 71.2 cm³/mol. The van der Waals surface area contributed by atoms with Gasteiger partial charge < -0.3 is 10.0 Å². The molecule has 2 saturated heterocycles. The fourth-order valence-electron chi connectivity index (χ4n) is 2.98. The molecule has 0 spiro atoms. The van der Waals surface area contributed by atoms with Crippen molar-refractivity contribution >= 4 is 51.3 Å². The normalized spacial score (nSPS) is 33.0. The molecule has 2 aliphatic heterocycles. The van der Waals surface area contributed by atoms with E-state index in [0.717, 1.165) is 4.90 Å². The molecular formula is C10H13N4NaO5S. The number of carbonyl (C=O) groups is 2. The molecule has 0 saturated carbocycles. The number of carbonyl (C=O) groups excluding carboxylic acids is 1. The number of hydrogen-bond acceptors (Lipinski definition) is 6. The summed E-state index contributed by atoms with van der Waals surface area (Å²) in [4.78, 5) is 24.0. The second-order valence-corrected chi connectivity index (χ2v) is 7.77. The summed E-state index contributed by atoms with van der Waals surface area (Å²) < 4.78 is 23.5. The minimum atomic E-state index is -3.79. The van der Waals surface area contributed by atoms with Crippen LogP contribution in [-0.4, -0.2) is 91.4 Å². The molecule has 2 unspecified atom stereocenters. The molecule has 11 heteroatoms. The Morgan fingerprint density at radius 3 is 2.76 bits per heavy atom. The molecule has 0 aliphatic carbocycles. The van der Waals surface area contributed by atoms with Crippen LogP contribution in [0.5, 0.6) is 0 Å². The zero-order valence-electron chi connectivity index (χ0n) is 10.5. The van der Waals surface area contributed by atoms with Crippen molar-refractivity contribution in [2.75, 3.05) is 0 Å². The number of carboxylic acids is 1. The van der Waals surface area contributed by atoms with E-state index < -0.39 is 37.9 Å². The molecule has 9 nitrogen and oxygen atoms in total. The van der Waals surface area contributed by atoms with E-state index in [1.807, 2.05) is 0 Å². The van der Waals surface area contributed by atoms with Crippen LogP contribution in [0.15, 0.2) is 6.20 Å². The van der Waals surface area contributed by atoms with Crippen LogP contribution in [0.3, 0.4) is 0 Å². The Kier molecular flexibility index (Phi) is 3.94. The van der Waals surface area contributed by atoms with Crippen LogP contribution in [0.25, 0.3) is 0 Å². The molecule has 0 radical (unpaired) electrons. The van der Waals surface area contributed by atoms with Crippen molar-refractivity contribution in [3.8, 4) is 0 Å². The molecule has 1 aromatic rings. The third kappa shape index (κ3) is 2.04. The number of aromatic amines is 1. The summed E-state index contributed by atoms with van der Waals surface area (Å²) >= 11 is 0.